The van der Waals surface area contributed by atoms with Crippen molar-refractivity contribution in [1.82, 2.24) is 29.0 Å². The molecule has 31 heavy (non-hydrogen) atoms. The smallest absolute Gasteiger partial charge is 0.255 e. The first-order valence-electron chi connectivity index (χ1n) is 9.99. The maximum atomic E-state index is 13.4. The number of hydrogen-bond acceptors (Lipinski definition) is 5. The number of carbonyl (C=O) groups excluding carboxylic acids is 1. The molecule has 1 aliphatic heterocycles. The highest BCUT2D eigenvalue weighted by Gasteiger charge is 2.35. The minimum Gasteiger partial charge on any atom is -0.346 e. The van der Waals surface area contributed by atoms with Crippen LogP contribution in [0.5, 0.6) is 0 Å². The Hall–Kier alpha value is -3.56. The molecule has 160 valence electrons. The minimum atomic E-state index is -2.69. The number of pyridine rings is 2. The van der Waals surface area contributed by atoms with Crippen molar-refractivity contribution < 1.29 is 13.6 Å². The predicted molar refractivity (Wildman–Crippen MR) is 112 cm³/mol. The number of carbonyl (C=O) groups is 1. The normalized spacial score (nSPS) is 16.2. The Bertz CT molecular complexity index is 1280. The van der Waals surface area contributed by atoms with Gasteiger partial charge in [-0.15, -0.1) is 5.10 Å². The third-order valence-electron chi connectivity index (χ3n) is 5.54. The van der Waals surface area contributed by atoms with Crippen molar-refractivity contribution in [2.45, 2.75) is 18.8 Å². The molecular formula is C21H21F2N7O. The molecular weight excluding hydrogens is 404 g/mol. The minimum absolute atomic E-state index is 0.0533. The van der Waals surface area contributed by atoms with Crippen LogP contribution in [0.4, 0.5) is 14.7 Å². The van der Waals surface area contributed by atoms with Gasteiger partial charge in [-0.25, -0.2) is 18.3 Å². The number of halogens is 2. The van der Waals surface area contributed by atoms with Gasteiger partial charge in [-0.3, -0.25) is 9.36 Å². The highest BCUT2D eigenvalue weighted by atomic mass is 19.3. The van der Waals surface area contributed by atoms with Gasteiger partial charge in [0.2, 0.25) is 5.95 Å². The Morgan fingerprint density at radius 1 is 1.16 bits per heavy atom. The number of aromatic nitrogens is 5. The van der Waals surface area contributed by atoms with Crippen molar-refractivity contribution in [2.24, 2.45) is 0 Å². The summed E-state index contributed by atoms with van der Waals surface area (Å²) < 4.78 is 30.4. The fourth-order valence-corrected chi connectivity index (χ4v) is 3.76. The summed E-state index contributed by atoms with van der Waals surface area (Å²) in [7, 11) is 3.76. The van der Waals surface area contributed by atoms with Gasteiger partial charge in [-0.2, -0.15) is 4.98 Å². The molecule has 0 spiro atoms. The number of likely N-dealkylation sites (tertiary alicyclic amines) is 1. The SMILES string of the molecule is CN(C)c1nc2ccc(-n3ccc4cc(C(=O)N5CCC(F)(F)CC5)cnc43)cn2n1. The van der Waals surface area contributed by atoms with Gasteiger partial charge in [0.15, 0.2) is 5.65 Å². The molecule has 8 nitrogen and oxygen atoms in total. The van der Waals surface area contributed by atoms with Crippen LogP contribution in [0.1, 0.15) is 23.2 Å². The molecule has 0 N–H and O–H groups in total. The van der Waals surface area contributed by atoms with E-state index in [0.29, 0.717) is 17.2 Å². The van der Waals surface area contributed by atoms with Crippen LogP contribution in [-0.2, 0) is 0 Å². The fourth-order valence-electron chi connectivity index (χ4n) is 3.76. The zero-order valence-corrected chi connectivity index (χ0v) is 17.2. The van der Waals surface area contributed by atoms with Crippen molar-refractivity contribution >= 4 is 28.5 Å². The largest absolute Gasteiger partial charge is 0.346 e. The first-order chi connectivity index (χ1) is 14.8. The fraction of sp³-hybridized carbons (Fsp3) is 0.333. The average Bonchev–Trinajstić information content (AvgIpc) is 3.36. The van der Waals surface area contributed by atoms with Crippen LogP contribution in [0.15, 0.2) is 42.9 Å². The average molecular weight is 425 g/mol. The van der Waals surface area contributed by atoms with Crippen LogP contribution in [0, 0.1) is 0 Å². The van der Waals surface area contributed by atoms with Crippen LogP contribution < -0.4 is 4.90 Å². The van der Waals surface area contributed by atoms with Gasteiger partial charge in [-0.1, -0.05) is 0 Å². The van der Waals surface area contributed by atoms with E-state index in [9.17, 15) is 13.6 Å². The van der Waals surface area contributed by atoms with E-state index in [1.54, 1.807) is 10.6 Å². The van der Waals surface area contributed by atoms with Crippen LogP contribution in [-0.4, -0.2) is 68.1 Å². The van der Waals surface area contributed by atoms with E-state index in [0.717, 1.165) is 16.7 Å². The summed E-state index contributed by atoms with van der Waals surface area (Å²) in [5, 5.41) is 5.25. The lowest BCUT2D eigenvalue weighted by Gasteiger charge is -2.31. The summed E-state index contributed by atoms with van der Waals surface area (Å²) in [6.45, 7) is 0.107. The Balaban J connectivity index is 1.44. The summed E-state index contributed by atoms with van der Waals surface area (Å²) in [5.41, 5.74) is 2.67. The van der Waals surface area contributed by atoms with Gasteiger partial charge in [0, 0.05) is 57.8 Å². The maximum Gasteiger partial charge on any atom is 0.255 e. The number of rotatable bonds is 3. The second-order valence-corrected chi connectivity index (χ2v) is 7.97. The highest BCUT2D eigenvalue weighted by molar-refractivity contribution is 5.97. The Morgan fingerprint density at radius 2 is 1.94 bits per heavy atom. The standard InChI is InChI=1S/C21H21F2N7O/c1-27(2)20-25-17-4-3-16(13-30(17)26-20)29-8-5-14-11-15(12-24-18(14)29)19(31)28-9-6-21(22,23)7-10-28/h3-5,8,11-13H,6-7,9-10H2,1-2H3. The molecule has 4 aromatic rings. The number of anilines is 1. The topological polar surface area (TPSA) is 71.6 Å². The molecule has 5 rings (SSSR count). The second-order valence-electron chi connectivity index (χ2n) is 7.97. The first-order valence-corrected chi connectivity index (χ1v) is 9.99. The van der Waals surface area contributed by atoms with E-state index in [4.69, 9.17) is 0 Å². The van der Waals surface area contributed by atoms with Crippen molar-refractivity contribution in [2.75, 3.05) is 32.1 Å². The lowest BCUT2D eigenvalue weighted by Crippen LogP contribution is -2.42. The van der Waals surface area contributed by atoms with Crippen molar-refractivity contribution in [3.63, 3.8) is 0 Å². The van der Waals surface area contributed by atoms with Crippen molar-refractivity contribution in [1.29, 1.82) is 0 Å². The predicted octanol–water partition coefficient (Wildman–Crippen LogP) is 3.01. The number of amides is 1. The molecule has 0 unspecified atom stereocenters. The summed E-state index contributed by atoms with van der Waals surface area (Å²) >= 11 is 0. The van der Waals surface area contributed by atoms with E-state index in [-0.39, 0.29) is 31.8 Å². The molecule has 0 bridgehead atoms. The number of fused-ring (bicyclic) bond motifs is 2. The summed E-state index contributed by atoms with van der Waals surface area (Å²) in [6, 6.07) is 7.44. The second kappa shape index (κ2) is 7.00. The quantitative estimate of drug-likeness (QED) is 0.505. The highest BCUT2D eigenvalue weighted by Crippen LogP contribution is 2.29. The number of nitrogens with zero attached hydrogens (tertiary/aromatic N) is 7. The lowest BCUT2D eigenvalue weighted by molar-refractivity contribution is -0.0494. The van der Waals surface area contributed by atoms with Crippen LogP contribution >= 0.6 is 0 Å². The van der Waals surface area contributed by atoms with Crippen molar-refractivity contribution in [3.05, 3.63) is 48.4 Å². The Morgan fingerprint density at radius 3 is 2.68 bits per heavy atom. The molecule has 0 radical (unpaired) electrons. The first kappa shape index (κ1) is 19.4. The summed E-state index contributed by atoms with van der Waals surface area (Å²) in [6.07, 6.45) is 4.64. The van der Waals surface area contributed by atoms with Crippen LogP contribution in [0.2, 0.25) is 0 Å². The van der Waals surface area contributed by atoms with E-state index in [1.807, 2.05) is 54.2 Å². The van der Waals surface area contributed by atoms with E-state index in [1.165, 1.54) is 11.1 Å². The van der Waals surface area contributed by atoms with Crippen molar-refractivity contribution in [3.8, 4) is 5.69 Å². The van der Waals surface area contributed by atoms with E-state index >= 15 is 0 Å². The van der Waals surface area contributed by atoms with Gasteiger partial charge in [-0.05, 0) is 24.3 Å². The number of piperidine rings is 1. The molecule has 0 aliphatic carbocycles. The van der Waals surface area contributed by atoms with Gasteiger partial charge in [0.1, 0.15) is 5.65 Å². The lowest BCUT2D eigenvalue weighted by atomic mass is 10.1. The molecule has 0 atom stereocenters. The third kappa shape index (κ3) is 3.47. The van der Waals surface area contributed by atoms with E-state index < -0.39 is 5.92 Å². The number of alkyl halides is 2. The van der Waals surface area contributed by atoms with Crippen LogP contribution in [0.25, 0.3) is 22.4 Å². The monoisotopic (exact) mass is 425 g/mol. The molecule has 1 amide bonds. The maximum absolute atomic E-state index is 13.4. The molecule has 1 aliphatic rings. The molecule has 0 saturated carbocycles. The molecule has 10 heteroatoms. The number of hydrogen-bond donors (Lipinski definition) is 0. The van der Waals surface area contributed by atoms with Gasteiger partial charge in [0.05, 0.1) is 17.4 Å². The molecule has 4 aromatic heterocycles. The Labute approximate surface area is 176 Å². The molecule has 0 aromatic carbocycles. The van der Waals surface area contributed by atoms with E-state index in [2.05, 4.69) is 15.1 Å². The summed E-state index contributed by atoms with van der Waals surface area (Å²) in [4.78, 5) is 25.0. The molecule has 5 heterocycles. The summed E-state index contributed by atoms with van der Waals surface area (Å²) in [5.74, 6) is -2.33. The third-order valence-corrected chi connectivity index (χ3v) is 5.54. The van der Waals surface area contributed by atoms with Gasteiger partial charge >= 0.3 is 0 Å². The zero-order chi connectivity index (χ0) is 21.8. The van der Waals surface area contributed by atoms with Crippen LogP contribution in [0.3, 0.4) is 0 Å². The van der Waals surface area contributed by atoms with Gasteiger partial charge < -0.3 is 9.80 Å². The zero-order valence-electron chi connectivity index (χ0n) is 17.2. The Kier molecular flexibility index (Phi) is 4.38. The molecule has 1 fully saturated rings. The van der Waals surface area contributed by atoms with Gasteiger partial charge in [0.25, 0.3) is 11.8 Å². The molecule has 1 saturated heterocycles.